The molecule has 3 aromatic carbocycles. The fraction of sp³-hybridized carbons (Fsp3) is 0.278. The van der Waals surface area contributed by atoms with Gasteiger partial charge >= 0.3 is 5.97 Å². The first kappa shape index (κ1) is 35.9. The number of likely N-dealkylation sites (N-methyl/N-ethyl adjacent to an activating group) is 1. The molecule has 1 unspecified atom stereocenters. The molecule has 0 spiro atoms. The molecule has 3 aromatic rings. The number of amides is 3. The molecule has 0 aromatic heterocycles. The maximum absolute atomic E-state index is 14.2. The minimum absolute atomic E-state index is 0. The van der Waals surface area contributed by atoms with Crippen molar-refractivity contribution in [1.29, 1.82) is 0 Å². The summed E-state index contributed by atoms with van der Waals surface area (Å²) in [6.07, 6.45) is 3.19. The molecule has 11 heteroatoms. The van der Waals surface area contributed by atoms with E-state index >= 15 is 0 Å². The van der Waals surface area contributed by atoms with E-state index in [1.165, 1.54) is 16.7 Å². The monoisotopic (exact) mass is 766 g/mol. The number of fused-ring (bicyclic) bond motifs is 1. The van der Waals surface area contributed by atoms with Crippen LogP contribution in [0.25, 0.3) is 0 Å². The smallest absolute Gasteiger partial charge is 0.356 e. The van der Waals surface area contributed by atoms with Crippen LogP contribution in [0.4, 0.5) is 0 Å². The van der Waals surface area contributed by atoms with Gasteiger partial charge < -0.3 is 44.2 Å². The van der Waals surface area contributed by atoms with Gasteiger partial charge in [0.2, 0.25) is 5.91 Å². The molecule has 0 aliphatic carbocycles. The number of ether oxygens (including phenoxy) is 1. The van der Waals surface area contributed by atoms with E-state index in [9.17, 15) is 19.2 Å². The van der Waals surface area contributed by atoms with Crippen LogP contribution in [0.15, 0.2) is 114 Å². The largest absolute Gasteiger partial charge is 1.00 e. The van der Waals surface area contributed by atoms with Crippen molar-refractivity contribution in [2.75, 3.05) is 32.4 Å². The fourth-order valence-corrected chi connectivity index (χ4v) is 6.96. The van der Waals surface area contributed by atoms with Gasteiger partial charge in [0.1, 0.15) is 17.1 Å². The van der Waals surface area contributed by atoms with Crippen LogP contribution in [-0.2, 0) is 30.3 Å². The van der Waals surface area contributed by atoms with E-state index < -0.39 is 29.4 Å². The number of halogens is 1. The lowest BCUT2D eigenvalue weighted by molar-refractivity contribution is -0.894. The van der Waals surface area contributed by atoms with Gasteiger partial charge in [-0.3, -0.25) is 19.3 Å². The van der Waals surface area contributed by atoms with Crippen molar-refractivity contribution >= 4 is 35.5 Å². The number of nitrogens with one attached hydrogen (secondary N) is 1. The Balaban J connectivity index is 0.00000500. The zero-order valence-electron chi connectivity index (χ0n) is 26.4. The van der Waals surface area contributed by atoms with Gasteiger partial charge in [0, 0.05) is 5.75 Å². The van der Waals surface area contributed by atoms with Gasteiger partial charge in [0.15, 0.2) is 12.6 Å². The number of thioether (sulfide) groups is 1. The number of β-lactam (4-membered cyclic amide) rings is 1. The Labute approximate surface area is 296 Å². The summed E-state index contributed by atoms with van der Waals surface area (Å²) in [5.74, 6) is -1.22. The average Bonchev–Trinajstić information content (AvgIpc) is 3.06. The highest BCUT2D eigenvalue weighted by molar-refractivity contribution is 8.00. The van der Waals surface area contributed by atoms with Crippen molar-refractivity contribution in [2.45, 2.75) is 30.9 Å². The maximum atomic E-state index is 14.2. The third-order valence-corrected chi connectivity index (χ3v) is 9.61. The second-order valence-corrected chi connectivity index (χ2v) is 12.8. The first-order chi connectivity index (χ1) is 22.2. The Kier molecular flexibility index (Phi) is 12.4. The number of nitrogens with zero attached hydrogens (tertiary/aromatic N) is 2. The lowest BCUT2D eigenvalue weighted by Gasteiger charge is -2.49. The third-order valence-electron chi connectivity index (χ3n) is 8.31. The van der Waals surface area contributed by atoms with E-state index in [-0.39, 0.29) is 54.5 Å². The molecule has 3 atom stereocenters. The summed E-state index contributed by atoms with van der Waals surface area (Å²) in [5.41, 5.74) is 8.73. The summed E-state index contributed by atoms with van der Waals surface area (Å²) in [4.78, 5) is 53.8. The van der Waals surface area contributed by atoms with E-state index in [1.54, 1.807) is 0 Å². The Bertz CT molecular complexity index is 1600. The molecule has 1 saturated heterocycles. The SMILES string of the molecule is CC[N+](C)(C/C=C/C1=C(C(=O)OC(c2ccccc2)c2ccccc2)N2C(=O)[C@@H](NC(=O)Cc3ccccc3)[C@H]2SC1)CC(N)=O.[I-]. The van der Waals surface area contributed by atoms with Crippen LogP contribution >= 0.6 is 11.8 Å². The van der Waals surface area contributed by atoms with E-state index in [0.717, 1.165) is 16.7 Å². The molecule has 47 heavy (non-hydrogen) atoms. The highest BCUT2D eigenvalue weighted by atomic mass is 127. The average molecular weight is 767 g/mol. The predicted octanol–water partition coefficient (Wildman–Crippen LogP) is 0.728. The van der Waals surface area contributed by atoms with Crippen molar-refractivity contribution in [3.63, 3.8) is 0 Å². The minimum atomic E-state index is -0.760. The van der Waals surface area contributed by atoms with Crippen molar-refractivity contribution in [2.24, 2.45) is 5.73 Å². The highest BCUT2D eigenvalue weighted by Gasteiger charge is 2.54. The first-order valence-electron chi connectivity index (χ1n) is 15.3. The van der Waals surface area contributed by atoms with Crippen LogP contribution in [0.2, 0.25) is 0 Å². The quantitative estimate of drug-likeness (QED) is 0.115. The van der Waals surface area contributed by atoms with Gasteiger partial charge in [0.05, 0.1) is 26.6 Å². The second-order valence-electron chi connectivity index (χ2n) is 11.7. The number of carbonyl (C=O) groups excluding carboxylic acids is 4. The highest BCUT2D eigenvalue weighted by Crippen LogP contribution is 2.42. The Morgan fingerprint density at radius 2 is 1.57 bits per heavy atom. The Morgan fingerprint density at radius 3 is 2.13 bits per heavy atom. The molecular weight excluding hydrogens is 727 g/mol. The predicted molar refractivity (Wildman–Crippen MR) is 178 cm³/mol. The zero-order valence-corrected chi connectivity index (χ0v) is 29.4. The molecule has 0 bridgehead atoms. The van der Waals surface area contributed by atoms with Crippen molar-refractivity contribution < 1.29 is 52.4 Å². The number of allylic oxidation sites excluding steroid dienone is 1. The van der Waals surface area contributed by atoms with E-state index in [2.05, 4.69) is 5.32 Å². The second kappa shape index (κ2) is 16.2. The van der Waals surface area contributed by atoms with Crippen LogP contribution in [-0.4, -0.2) is 76.9 Å². The number of quaternary nitrogens is 1. The van der Waals surface area contributed by atoms with Crippen LogP contribution in [0.3, 0.4) is 0 Å². The molecule has 2 aliphatic heterocycles. The number of rotatable bonds is 13. The van der Waals surface area contributed by atoms with Gasteiger partial charge in [0.25, 0.3) is 11.8 Å². The number of primary amides is 1. The molecule has 9 nitrogen and oxygen atoms in total. The van der Waals surface area contributed by atoms with E-state index in [0.29, 0.717) is 28.9 Å². The third kappa shape index (κ3) is 8.70. The van der Waals surface area contributed by atoms with Crippen LogP contribution in [0.1, 0.15) is 29.7 Å². The molecule has 246 valence electrons. The van der Waals surface area contributed by atoms with Gasteiger partial charge in [-0.1, -0.05) is 97.1 Å². The van der Waals surface area contributed by atoms with Crippen molar-refractivity contribution in [3.8, 4) is 0 Å². The summed E-state index contributed by atoms with van der Waals surface area (Å²) in [5, 5.41) is 2.43. The van der Waals surface area contributed by atoms with Crippen molar-refractivity contribution in [3.05, 3.63) is 131 Å². The summed E-state index contributed by atoms with van der Waals surface area (Å²) < 4.78 is 6.62. The Hall–Kier alpha value is -3.94. The molecule has 0 radical (unpaired) electrons. The molecule has 3 N–H and O–H groups in total. The topological polar surface area (TPSA) is 119 Å². The zero-order chi connectivity index (χ0) is 32.7. The number of hydrogen-bond acceptors (Lipinski definition) is 6. The van der Waals surface area contributed by atoms with Gasteiger partial charge in [-0.25, -0.2) is 4.79 Å². The van der Waals surface area contributed by atoms with Gasteiger partial charge in [-0.15, -0.1) is 11.8 Å². The molecule has 5 rings (SSSR count). The number of benzene rings is 3. The van der Waals surface area contributed by atoms with Crippen LogP contribution < -0.4 is 35.0 Å². The molecule has 2 aliphatic rings. The molecule has 0 saturated carbocycles. The lowest BCUT2D eigenvalue weighted by Crippen LogP contribution is -3.00. The van der Waals surface area contributed by atoms with Gasteiger partial charge in [-0.05, 0) is 35.3 Å². The first-order valence-corrected chi connectivity index (χ1v) is 16.3. The fourth-order valence-electron chi connectivity index (χ4n) is 5.64. The normalized spacial score (nSPS) is 18.5. The van der Waals surface area contributed by atoms with E-state index in [1.807, 2.05) is 117 Å². The molecular formula is C36H39IN4O5S. The van der Waals surface area contributed by atoms with Crippen LogP contribution in [0.5, 0.6) is 0 Å². The maximum Gasteiger partial charge on any atom is 0.356 e. The summed E-state index contributed by atoms with van der Waals surface area (Å²) in [6.45, 7) is 3.35. The number of nitrogens with two attached hydrogens (primary N) is 1. The Morgan fingerprint density at radius 1 is 1.00 bits per heavy atom. The molecule has 1 fully saturated rings. The number of esters is 1. The number of carbonyl (C=O) groups is 4. The van der Waals surface area contributed by atoms with Crippen LogP contribution in [0, 0.1) is 0 Å². The molecule has 2 heterocycles. The standard InChI is InChI=1S/C36H38N4O5S.HI/c1-3-40(2,23-29(37)41)21-13-20-28-24-46-35-31(38-30(42)22-25-14-7-4-8-15-25)34(43)39(35)32(28)36(44)45-33(26-16-9-5-10-17-26)27-18-11-6-12-19-27;/h4-20,31,33,35H,3,21-24H2,1-2H3,(H2-,37,38,41,42);1H/b20-13+;/t31-,35-,40?;/m1./s1. The number of hydrogen-bond donors (Lipinski definition) is 2. The summed E-state index contributed by atoms with van der Waals surface area (Å²) >= 11 is 1.48. The van der Waals surface area contributed by atoms with Crippen molar-refractivity contribution in [1.82, 2.24) is 10.2 Å². The molecule has 3 amide bonds. The van der Waals surface area contributed by atoms with Gasteiger partial charge in [-0.2, -0.15) is 0 Å². The summed E-state index contributed by atoms with van der Waals surface area (Å²) in [6, 6.07) is 27.5. The minimum Gasteiger partial charge on any atom is -1.00 e. The van der Waals surface area contributed by atoms with E-state index in [4.69, 9.17) is 10.5 Å². The lowest BCUT2D eigenvalue weighted by atomic mass is 10.00. The summed E-state index contributed by atoms with van der Waals surface area (Å²) in [7, 11) is 1.94.